The third kappa shape index (κ3) is 2.96. The summed E-state index contributed by atoms with van der Waals surface area (Å²) in [4.78, 5) is 23.4. The molecular weight excluding hydrogens is 232 g/mol. The summed E-state index contributed by atoms with van der Waals surface area (Å²) in [7, 11) is 0. The molecule has 0 spiro atoms. The monoisotopic (exact) mass is 250 g/mol. The molecule has 0 fully saturated rings. The first-order valence-corrected chi connectivity index (χ1v) is 5.86. The molecule has 0 aromatic heterocycles. The minimum absolute atomic E-state index is 0.111. The molecule has 1 aromatic carbocycles. The van der Waals surface area contributed by atoms with Gasteiger partial charge in [0.15, 0.2) is 0 Å². The first-order valence-electron chi connectivity index (χ1n) is 5.86. The number of aliphatic hydroxyl groups excluding tert-OH is 1. The SMILES string of the molecule is CCOC(=O)C(=O)c1ccccc1C(C)(C)CO. The Morgan fingerprint density at radius 3 is 2.44 bits per heavy atom. The molecule has 0 amide bonds. The van der Waals surface area contributed by atoms with Gasteiger partial charge in [0.05, 0.1) is 13.2 Å². The predicted octanol–water partition coefficient (Wildman–Crippen LogP) is 1.70. The van der Waals surface area contributed by atoms with Crippen LogP contribution in [0.15, 0.2) is 24.3 Å². The van der Waals surface area contributed by atoms with E-state index in [2.05, 4.69) is 0 Å². The quantitative estimate of drug-likeness (QED) is 0.491. The van der Waals surface area contributed by atoms with Crippen molar-refractivity contribution in [3.05, 3.63) is 35.4 Å². The standard InChI is InChI=1S/C14H18O4/c1-4-18-13(17)12(16)10-7-5-6-8-11(10)14(2,3)9-15/h5-8,15H,4,9H2,1-3H3. The number of ketones is 1. The lowest BCUT2D eigenvalue weighted by Crippen LogP contribution is -2.27. The van der Waals surface area contributed by atoms with Crippen LogP contribution in [-0.4, -0.2) is 30.1 Å². The van der Waals surface area contributed by atoms with Crippen molar-refractivity contribution in [3.8, 4) is 0 Å². The van der Waals surface area contributed by atoms with Gasteiger partial charge in [0, 0.05) is 11.0 Å². The maximum atomic E-state index is 12.0. The Kier molecular flexibility index (Phi) is 4.62. The molecule has 1 N–H and O–H groups in total. The van der Waals surface area contributed by atoms with E-state index in [1.807, 2.05) is 13.8 Å². The highest BCUT2D eigenvalue weighted by Crippen LogP contribution is 2.26. The number of hydrogen-bond donors (Lipinski definition) is 1. The number of hydrogen-bond acceptors (Lipinski definition) is 4. The number of ether oxygens (including phenoxy) is 1. The van der Waals surface area contributed by atoms with Crippen LogP contribution >= 0.6 is 0 Å². The maximum absolute atomic E-state index is 12.0. The summed E-state index contributed by atoms with van der Waals surface area (Å²) in [6.07, 6.45) is 0. The topological polar surface area (TPSA) is 63.6 Å². The largest absolute Gasteiger partial charge is 0.460 e. The second-order valence-corrected chi connectivity index (χ2v) is 4.64. The third-order valence-electron chi connectivity index (χ3n) is 2.76. The summed E-state index contributed by atoms with van der Waals surface area (Å²) in [6, 6.07) is 6.77. The zero-order valence-corrected chi connectivity index (χ0v) is 10.9. The van der Waals surface area contributed by atoms with Gasteiger partial charge >= 0.3 is 5.97 Å². The number of Topliss-reactive ketones (excluding diaryl/α,β-unsaturated/α-hetero) is 1. The predicted molar refractivity (Wildman–Crippen MR) is 67.5 cm³/mol. The fourth-order valence-electron chi connectivity index (χ4n) is 1.66. The van der Waals surface area contributed by atoms with Gasteiger partial charge in [0.2, 0.25) is 0 Å². The van der Waals surface area contributed by atoms with Crippen LogP contribution in [0.1, 0.15) is 36.7 Å². The number of carbonyl (C=O) groups is 2. The lowest BCUT2D eigenvalue weighted by Gasteiger charge is -2.24. The zero-order valence-electron chi connectivity index (χ0n) is 10.9. The van der Waals surface area contributed by atoms with E-state index in [1.165, 1.54) is 0 Å². The van der Waals surface area contributed by atoms with Gasteiger partial charge in [-0.1, -0.05) is 38.1 Å². The molecule has 4 nitrogen and oxygen atoms in total. The van der Waals surface area contributed by atoms with Crippen LogP contribution in [0, 0.1) is 0 Å². The molecule has 0 atom stereocenters. The number of rotatable bonds is 5. The lowest BCUT2D eigenvalue weighted by atomic mass is 9.81. The van der Waals surface area contributed by atoms with E-state index in [-0.39, 0.29) is 18.8 Å². The summed E-state index contributed by atoms with van der Waals surface area (Å²) >= 11 is 0. The minimum Gasteiger partial charge on any atom is -0.460 e. The van der Waals surface area contributed by atoms with Crippen molar-refractivity contribution < 1.29 is 19.4 Å². The Hall–Kier alpha value is -1.68. The summed E-state index contributed by atoms with van der Waals surface area (Å²) < 4.78 is 4.71. The Balaban J connectivity index is 3.18. The molecule has 0 saturated carbocycles. The highest BCUT2D eigenvalue weighted by atomic mass is 16.5. The average Bonchev–Trinajstić information content (AvgIpc) is 2.38. The van der Waals surface area contributed by atoms with Gasteiger partial charge in [-0.2, -0.15) is 0 Å². The molecule has 18 heavy (non-hydrogen) atoms. The normalized spacial score (nSPS) is 11.1. The number of benzene rings is 1. The zero-order chi connectivity index (χ0) is 13.8. The van der Waals surface area contributed by atoms with Gasteiger partial charge in [-0.05, 0) is 12.5 Å². The molecule has 0 unspecified atom stereocenters. The van der Waals surface area contributed by atoms with Crippen LogP contribution in [0.25, 0.3) is 0 Å². The fraction of sp³-hybridized carbons (Fsp3) is 0.429. The highest BCUT2D eigenvalue weighted by molar-refractivity contribution is 6.41. The molecule has 0 aliphatic carbocycles. The summed E-state index contributed by atoms with van der Waals surface area (Å²) in [6.45, 7) is 5.32. The van der Waals surface area contributed by atoms with E-state index in [0.717, 1.165) is 0 Å². The van der Waals surface area contributed by atoms with E-state index >= 15 is 0 Å². The molecule has 1 aromatic rings. The fourth-order valence-corrected chi connectivity index (χ4v) is 1.66. The third-order valence-corrected chi connectivity index (χ3v) is 2.76. The first-order chi connectivity index (χ1) is 8.44. The van der Waals surface area contributed by atoms with E-state index in [9.17, 15) is 14.7 Å². The number of aliphatic hydroxyl groups is 1. The highest BCUT2D eigenvalue weighted by Gasteiger charge is 2.28. The molecular formula is C14H18O4. The molecule has 0 heterocycles. The van der Waals surface area contributed by atoms with Crippen LogP contribution in [-0.2, 0) is 14.9 Å². The van der Waals surface area contributed by atoms with Crippen LogP contribution in [0.5, 0.6) is 0 Å². The Labute approximate surface area is 107 Å². The molecule has 0 aliphatic rings. The minimum atomic E-state index is -0.862. The van der Waals surface area contributed by atoms with Crippen LogP contribution < -0.4 is 0 Å². The van der Waals surface area contributed by atoms with Crippen molar-refractivity contribution >= 4 is 11.8 Å². The van der Waals surface area contributed by atoms with Gasteiger partial charge in [0.25, 0.3) is 5.78 Å². The lowest BCUT2D eigenvalue weighted by molar-refractivity contribution is -0.137. The van der Waals surface area contributed by atoms with E-state index in [0.29, 0.717) is 5.56 Å². The van der Waals surface area contributed by atoms with Crippen LogP contribution in [0.2, 0.25) is 0 Å². The Bertz CT molecular complexity index is 449. The Morgan fingerprint density at radius 2 is 1.89 bits per heavy atom. The first kappa shape index (κ1) is 14.4. The van der Waals surface area contributed by atoms with Gasteiger partial charge in [-0.25, -0.2) is 4.79 Å². The van der Waals surface area contributed by atoms with Gasteiger partial charge in [-0.15, -0.1) is 0 Å². The second kappa shape index (κ2) is 5.78. The van der Waals surface area contributed by atoms with Gasteiger partial charge in [-0.3, -0.25) is 4.79 Å². The molecule has 98 valence electrons. The van der Waals surface area contributed by atoms with Crippen molar-refractivity contribution in [1.29, 1.82) is 0 Å². The maximum Gasteiger partial charge on any atom is 0.379 e. The molecule has 0 bridgehead atoms. The molecule has 4 heteroatoms. The average molecular weight is 250 g/mol. The molecule has 0 aliphatic heterocycles. The van der Waals surface area contributed by atoms with Gasteiger partial charge < -0.3 is 9.84 Å². The number of carbonyl (C=O) groups excluding carboxylic acids is 2. The number of esters is 1. The summed E-state index contributed by atoms with van der Waals surface area (Å²) in [5.74, 6) is -1.53. The second-order valence-electron chi connectivity index (χ2n) is 4.64. The molecule has 0 saturated heterocycles. The van der Waals surface area contributed by atoms with E-state index in [1.54, 1.807) is 31.2 Å². The van der Waals surface area contributed by atoms with Crippen molar-refractivity contribution in [2.75, 3.05) is 13.2 Å². The van der Waals surface area contributed by atoms with Crippen LogP contribution in [0.4, 0.5) is 0 Å². The summed E-state index contributed by atoms with van der Waals surface area (Å²) in [5.41, 5.74) is 0.346. The van der Waals surface area contributed by atoms with E-state index < -0.39 is 17.2 Å². The van der Waals surface area contributed by atoms with Crippen molar-refractivity contribution in [3.63, 3.8) is 0 Å². The van der Waals surface area contributed by atoms with Crippen LogP contribution in [0.3, 0.4) is 0 Å². The Morgan fingerprint density at radius 1 is 1.28 bits per heavy atom. The smallest absolute Gasteiger partial charge is 0.379 e. The van der Waals surface area contributed by atoms with Crippen molar-refractivity contribution in [1.82, 2.24) is 0 Å². The van der Waals surface area contributed by atoms with Gasteiger partial charge in [0.1, 0.15) is 0 Å². The molecule has 1 rings (SSSR count). The molecule has 0 radical (unpaired) electrons. The van der Waals surface area contributed by atoms with Crippen molar-refractivity contribution in [2.45, 2.75) is 26.2 Å². The van der Waals surface area contributed by atoms with Crippen molar-refractivity contribution in [2.24, 2.45) is 0 Å². The van der Waals surface area contributed by atoms with E-state index in [4.69, 9.17) is 4.74 Å². The summed E-state index contributed by atoms with van der Waals surface area (Å²) in [5, 5.41) is 9.37.